The second-order valence-corrected chi connectivity index (χ2v) is 10.1. The van der Waals surface area contributed by atoms with Crippen LogP contribution in [0.5, 0.6) is 0 Å². The molecule has 0 spiro atoms. The monoisotopic (exact) mass is 439 g/mol. The number of hydrogen-bond acceptors (Lipinski definition) is 4. The molecule has 1 saturated carbocycles. The second kappa shape index (κ2) is 9.92. The predicted octanol–water partition coefficient (Wildman–Crippen LogP) is 3.09. The van der Waals surface area contributed by atoms with Crippen LogP contribution in [0.2, 0.25) is 0 Å². The predicted molar refractivity (Wildman–Crippen MR) is 123 cm³/mol. The summed E-state index contributed by atoms with van der Waals surface area (Å²) < 4.78 is 5.76. The number of hydrogen-bond donors (Lipinski definition) is 0. The molecule has 0 aromatic heterocycles. The molecule has 4 aliphatic rings. The Bertz CT molecular complexity index is 822. The molecule has 3 aliphatic heterocycles. The lowest BCUT2D eigenvalue weighted by molar-refractivity contribution is -0.137. The van der Waals surface area contributed by atoms with Crippen LogP contribution >= 0.6 is 0 Å². The quantitative estimate of drug-likeness (QED) is 0.724. The fourth-order valence-corrected chi connectivity index (χ4v) is 5.87. The van der Waals surface area contributed by atoms with E-state index in [0.717, 1.165) is 77.1 Å². The Balaban J connectivity index is 1.16. The normalized spacial score (nSPS) is 25.1. The molecule has 2 saturated heterocycles. The average molecular weight is 440 g/mol. The van der Waals surface area contributed by atoms with E-state index in [9.17, 15) is 9.59 Å². The van der Waals surface area contributed by atoms with Crippen molar-refractivity contribution in [2.45, 2.75) is 64.0 Å². The molecule has 32 heavy (non-hydrogen) atoms. The van der Waals surface area contributed by atoms with Crippen molar-refractivity contribution in [2.75, 3.05) is 45.9 Å². The smallest absolute Gasteiger partial charge is 0.253 e. The molecule has 1 unspecified atom stereocenters. The number of nitrogens with zero attached hydrogens (tertiary/aromatic N) is 3. The zero-order valence-corrected chi connectivity index (χ0v) is 19.3. The van der Waals surface area contributed by atoms with Crippen LogP contribution in [0, 0.1) is 5.92 Å². The molecular weight excluding hydrogens is 402 g/mol. The molecule has 0 N–H and O–H groups in total. The fourth-order valence-electron chi connectivity index (χ4n) is 5.87. The van der Waals surface area contributed by atoms with Crippen LogP contribution < -0.4 is 0 Å². The van der Waals surface area contributed by atoms with Crippen molar-refractivity contribution in [3.05, 3.63) is 34.9 Å². The number of rotatable bonds is 4. The third-order valence-electron chi connectivity index (χ3n) is 7.88. The van der Waals surface area contributed by atoms with Crippen molar-refractivity contribution in [3.8, 4) is 0 Å². The van der Waals surface area contributed by atoms with Gasteiger partial charge in [-0.1, -0.05) is 25.3 Å². The topological polar surface area (TPSA) is 53.1 Å². The lowest BCUT2D eigenvalue weighted by Gasteiger charge is -2.36. The van der Waals surface area contributed by atoms with Crippen LogP contribution in [0.4, 0.5) is 0 Å². The Kier molecular flexibility index (Phi) is 6.79. The lowest BCUT2D eigenvalue weighted by atomic mass is 9.87. The van der Waals surface area contributed by atoms with Gasteiger partial charge in [0, 0.05) is 63.9 Å². The Morgan fingerprint density at radius 1 is 0.875 bits per heavy atom. The fraction of sp³-hybridized carbons (Fsp3) is 0.692. The van der Waals surface area contributed by atoms with Crippen LogP contribution in [-0.2, 0) is 22.5 Å². The van der Waals surface area contributed by atoms with Crippen molar-refractivity contribution in [1.82, 2.24) is 14.7 Å². The summed E-state index contributed by atoms with van der Waals surface area (Å²) in [6.45, 7) is 6.79. The Hall–Kier alpha value is -1.92. The van der Waals surface area contributed by atoms with E-state index < -0.39 is 0 Å². The maximum Gasteiger partial charge on any atom is 0.253 e. The first kappa shape index (κ1) is 21.9. The highest BCUT2D eigenvalue weighted by atomic mass is 16.5. The number of carbonyl (C=O) groups excluding carboxylic acids is 2. The summed E-state index contributed by atoms with van der Waals surface area (Å²) in [6, 6.07) is 6.13. The molecule has 0 bridgehead atoms. The summed E-state index contributed by atoms with van der Waals surface area (Å²) in [7, 11) is 0. The van der Waals surface area contributed by atoms with Gasteiger partial charge in [-0.25, -0.2) is 0 Å². The molecule has 2 amide bonds. The van der Waals surface area contributed by atoms with Gasteiger partial charge < -0.3 is 14.5 Å². The Labute approximate surface area is 191 Å². The van der Waals surface area contributed by atoms with E-state index in [2.05, 4.69) is 17.0 Å². The van der Waals surface area contributed by atoms with Crippen molar-refractivity contribution < 1.29 is 14.3 Å². The summed E-state index contributed by atoms with van der Waals surface area (Å²) >= 11 is 0. The average Bonchev–Trinajstić information content (AvgIpc) is 3.36. The van der Waals surface area contributed by atoms with Gasteiger partial charge in [-0.15, -0.1) is 0 Å². The van der Waals surface area contributed by atoms with Crippen molar-refractivity contribution in [1.29, 1.82) is 0 Å². The molecule has 5 rings (SSSR count). The first-order valence-electron chi connectivity index (χ1n) is 12.7. The minimum Gasteiger partial charge on any atom is -0.377 e. The van der Waals surface area contributed by atoms with Gasteiger partial charge in [-0.3, -0.25) is 14.5 Å². The van der Waals surface area contributed by atoms with Crippen LogP contribution in [0.1, 0.15) is 66.4 Å². The highest BCUT2D eigenvalue weighted by Gasteiger charge is 2.30. The zero-order valence-electron chi connectivity index (χ0n) is 19.3. The van der Waals surface area contributed by atoms with Gasteiger partial charge in [0.15, 0.2) is 0 Å². The summed E-state index contributed by atoms with van der Waals surface area (Å²) in [5.41, 5.74) is 3.24. The molecule has 3 fully saturated rings. The third-order valence-corrected chi connectivity index (χ3v) is 7.88. The molecular formula is C26H37N3O3. The highest BCUT2D eigenvalue weighted by Crippen LogP contribution is 2.28. The van der Waals surface area contributed by atoms with Gasteiger partial charge >= 0.3 is 0 Å². The molecule has 1 aliphatic carbocycles. The Morgan fingerprint density at radius 2 is 1.69 bits per heavy atom. The molecule has 1 atom stereocenters. The van der Waals surface area contributed by atoms with Gasteiger partial charge in [0.2, 0.25) is 5.91 Å². The highest BCUT2D eigenvalue weighted by molar-refractivity contribution is 5.94. The SMILES string of the molecule is O=C(c1ccc2c(c1)CCN(C(=O)C1CCCCC1)C2)N1CCN(CC2CCCO2)CC1. The van der Waals surface area contributed by atoms with Crippen molar-refractivity contribution >= 4 is 11.8 Å². The van der Waals surface area contributed by atoms with Gasteiger partial charge in [-0.05, 0) is 55.4 Å². The maximum absolute atomic E-state index is 13.1. The van der Waals surface area contributed by atoms with Crippen molar-refractivity contribution in [3.63, 3.8) is 0 Å². The maximum atomic E-state index is 13.1. The summed E-state index contributed by atoms with van der Waals surface area (Å²) in [5, 5.41) is 0. The minimum atomic E-state index is 0.144. The standard InChI is InChI=1S/C26H37N3O3/c30-25(20-5-2-1-3-6-20)29-11-10-21-17-22(8-9-23(21)18-29)26(31)28-14-12-27(13-15-28)19-24-7-4-16-32-24/h8-9,17,20,24H,1-7,10-16,18-19H2. The second-order valence-electron chi connectivity index (χ2n) is 10.1. The van der Waals surface area contributed by atoms with Gasteiger partial charge in [0.1, 0.15) is 0 Å². The van der Waals surface area contributed by atoms with E-state index in [1.54, 1.807) is 0 Å². The van der Waals surface area contributed by atoms with Crippen LogP contribution in [-0.4, -0.2) is 78.5 Å². The number of carbonyl (C=O) groups is 2. The Morgan fingerprint density at radius 3 is 2.44 bits per heavy atom. The van der Waals surface area contributed by atoms with E-state index in [1.807, 2.05) is 15.9 Å². The van der Waals surface area contributed by atoms with Gasteiger partial charge in [0.25, 0.3) is 5.91 Å². The molecule has 174 valence electrons. The van der Waals surface area contributed by atoms with E-state index in [-0.39, 0.29) is 11.8 Å². The van der Waals surface area contributed by atoms with E-state index >= 15 is 0 Å². The van der Waals surface area contributed by atoms with Crippen LogP contribution in [0.15, 0.2) is 18.2 Å². The first-order valence-corrected chi connectivity index (χ1v) is 12.7. The van der Waals surface area contributed by atoms with Crippen LogP contribution in [0.25, 0.3) is 0 Å². The number of ether oxygens (including phenoxy) is 1. The summed E-state index contributed by atoms with van der Waals surface area (Å²) in [4.78, 5) is 32.5. The van der Waals surface area contributed by atoms with Crippen LogP contribution in [0.3, 0.4) is 0 Å². The molecule has 3 heterocycles. The minimum absolute atomic E-state index is 0.144. The molecule has 0 radical (unpaired) electrons. The van der Waals surface area contributed by atoms with E-state index in [1.165, 1.54) is 36.8 Å². The summed E-state index contributed by atoms with van der Waals surface area (Å²) in [5.74, 6) is 0.715. The third kappa shape index (κ3) is 4.86. The largest absolute Gasteiger partial charge is 0.377 e. The molecule has 1 aromatic carbocycles. The van der Waals surface area contributed by atoms with E-state index in [4.69, 9.17) is 4.74 Å². The number of piperazine rings is 1. The zero-order chi connectivity index (χ0) is 21.9. The van der Waals surface area contributed by atoms with Gasteiger partial charge in [0.05, 0.1) is 6.10 Å². The van der Waals surface area contributed by atoms with Crippen molar-refractivity contribution in [2.24, 2.45) is 5.92 Å². The lowest BCUT2D eigenvalue weighted by Crippen LogP contribution is -2.50. The molecule has 1 aromatic rings. The van der Waals surface area contributed by atoms with Gasteiger partial charge in [-0.2, -0.15) is 0 Å². The first-order chi connectivity index (χ1) is 15.7. The summed E-state index contributed by atoms with van der Waals surface area (Å²) in [6.07, 6.45) is 9.32. The molecule has 6 nitrogen and oxygen atoms in total. The number of amides is 2. The number of fused-ring (bicyclic) bond motifs is 1. The number of benzene rings is 1. The molecule has 6 heteroatoms. The van der Waals surface area contributed by atoms with E-state index in [0.29, 0.717) is 18.6 Å².